The van der Waals surface area contributed by atoms with E-state index in [0.717, 1.165) is 5.56 Å². The van der Waals surface area contributed by atoms with E-state index in [2.05, 4.69) is 32.7 Å². The molecule has 0 spiro atoms. The predicted octanol–water partition coefficient (Wildman–Crippen LogP) is 1.82. The van der Waals surface area contributed by atoms with Crippen molar-refractivity contribution in [3.05, 3.63) is 52.8 Å². The van der Waals surface area contributed by atoms with Gasteiger partial charge in [-0.3, -0.25) is 4.79 Å². The van der Waals surface area contributed by atoms with Crippen LogP contribution in [0.1, 0.15) is 40.0 Å². The number of nitrogens with one attached hydrogen (secondary N) is 2. The van der Waals surface area contributed by atoms with Gasteiger partial charge in [0.05, 0.1) is 24.4 Å². The zero-order valence-corrected chi connectivity index (χ0v) is 15.6. The summed E-state index contributed by atoms with van der Waals surface area (Å²) >= 11 is 0. The molecule has 142 valence electrons. The van der Waals surface area contributed by atoms with Gasteiger partial charge >= 0.3 is 0 Å². The first-order valence-corrected chi connectivity index (χ1v) is 9.11. The standard InChI is InChI=1S/C21H16N6O2/c1-3-16-14-7-12(9-22)6-13-8-21(2,29-18(13)14)11-23-20(28)15-10-24-27-5-4-17(25-16)26-19(15)27/h1,4-7,10,16H,8,11H2,2H3,(H,23,28)(H,25,26)/t16-,21?/m1/s1. The molecule has 2 N–H and O–H groups in total. The van der Waals surface area contributed by atoms with Crippen LogP contribution in [0.4, 0.5) is 5.82 Å². The van der Waals surface area contributed by atoms with Crippen LogP contribution in [0.25, 0.3) is 5.65 Å². The molecule has 0 aliphatic carbocycles. The molecule has 4 heterocycles. The zero-order valence-electron chi connectivity index (χ0n) is 15.6. The SMILES string of the molecule is C#C[C@H]1Nc2ccn3ncc(c3n2)C(=O)NCC2(C)Cc3cc(C#N)cc1c3O2. The fourth-order valence-corrected chi connectivity index (χ4v) is 3.86. The van der Waals surface area contributed by atoms with Crippen molar-refractivity contribution in [2.45, 2.75) is 25.0 Å². The van der Waals surface area contributed by atoms with Gasteiger partial charge in [-0.05, 0) is 30.7 Å². The molecule has 8 heteroatoms. The van der Waals surface area contributed by atoms with Crippen molar-refractivity contribution in [2.24, 2.45) is 0 Å². The van der Waals surface area contributed by atoms with Crippen LogP contribution in [0.15, 0.2) is 30.6 Å². The summed E-state index contributed by atoms with van der Waals surface area (Å²) in [6.07, 6.45) is 9.58. The van der Waals surface area contributed by atoms with E-state index in [-0.39, 0.29) is 12.5 Å². The average molecular weight is 384 g/mol. The molecule has 1 unspecified atom stereocenters. The number of carbonyl (C=O) groups is 1. The first kappa shape index (κ1) is 17.1. The lowest BCUT2D eigenvalue weighted by Crippen LogP contribution is -2.44. The summed E-state index contributed by atoms with van der Waals surface area (Å²) in [6, 6.07) is 6.90. The third kappa shape index (κ3) is 2.66. The van der Waals surface area contributed by atoms with Gasteiger partial charge in [0, 0.05) is 18.2 Å². The summed E-state index contributed by atoms with van der Waals surface area (Å²) in [6.45, 7) is 2.21. The first-order chi connectivity index (χ1) is 14.0. The minimum atomic E-state index is -0.660. The van der Waals surface area contributed by atoms with Crippen LogP contribution >= 0.6 is 0 Å². The number of terminal acetylenes is 1. The summed E-state index contributed by atoms with van der Waals surface area (Å²) < 4.78 is 7.82. The fraction of sp³-hybridized carbons (Fsp3) is 0.238. The van der Waals surface area contributed by atoms with Crippen LogP contribution in [-0.2, 0) is 6.42 Å². The number of nitriles is 1. The quantitative estimate of drug-likeness (QED) is 0.573. The van der Waals surface area contributed by atoms with Crippen molar-refractivity contribution >= 4 is 17.4 Å². The predicted molar refractivity (Wildman–Crippen MR) is 104 cm³/mol. The van der Waals surface area contributed by atoms with Gasteiger partial charge < -0.3 is 15.4 Å². The Morgan fingerprint density at radius 3 is 3.10 bits per heavy atom. The normalized spacial score (nSPS) is 22.3. The molecule has 2 aliphatic rings. The minimum absolute atomic E-state index is 0.281. The van der Waals surface area contributed by atoms with Gasteiger partial charge in [0.2, 0.25) is 0 Å². The van der Waals surface area contributed by atoms with E-state index in [1.807, 2.05) is 13.0 Å². The highest BCUT2D eigenvalue weighted by Crippen LogP contribution is 2.41. The Kier molecular flexibility index (Phi) is 3.52. The van der Waals surface area contributed by atoms with Gasteiger partial charge in [-0.1, -0.05) is 5.92 Å². The molecular formula is C21H16N6O2. The number of aromatic nitrogens is 3. The molecule has 0 radical (unpaired) electrons. The molecule has 5 rings (SSSR count). The lowest BCUT2D eigenvalue weighted by Gasteiger charge is -2.25. The van der Waals surface area contributed by atoms with Gasteiger partial charge in [-0.25, -0.2) is 9.50 Å². The molecular weight excluding hydrogens is 368 g/mol. The maximum atomic E-state index is 12.8. The number of carbonyl (C=O) groups excluding carboxylic acids is 1. The van der Waals surface area contributed by atoms with Crippen LogP contribution < -0.4 is 15.4 Å². The molecule has 1 amide bonds. The highest BCUT2D eigenvalue weighted by Gasteiger charge is 2.38. The highest BCUT2D eigenvalue weighted by molar-refractivity contribution is 5.99. The van der Waals surface area contributed by atoms with Crippen molar-refractivity contribution in [1.29, 1.82) is 5.26 Å². The lowest BCUT2D eigenvalue weighted by molar-refractivity contribution is 0.0839. The number of anilines is 1. The second-order valence-corrected chi connectivity index (χ2v) is 7.46. The Bertz CT molecular complexity index is 1260. The van der Waals surface area contributed by atoms with E-state index >= 15 is 0 Å². The monoisotopic (exact) mass is 384 g/mol. The number of rotatable bonds is 0. The zero-order chi connectivity index (χ0) is 20.2. The van der Waals surface area contributed by atoms with Gasteiger partial charge in [-0.2, -0.15) is 10.4 Å². The van der Waals surface area contributed by atoms with Crippen molar-refractivity contribution in [3.63, 3.8) is 0 Å². The van der Waals surface area contributed by atoms with E-state index in [9.17, 15) is 10.1 Å². The Hall–Kier alpha value is -4.04. The average Bonchev–Trinajstić information content (AvgIpc) is 3.29. The van der Waals surface area contributed by atoms with Crippen LogP contribution in [0.3, 0.4) is 0 Å². The second kappa shape index (κ2) is 5.98. The number of amides is 1. The molecule has 29 heavy (non-hydrogen) atoms. The molecule has 4 bridgehead atoms. The number of nitrogens with zero attached hydrogens (tertiary/aromatic N) is 4. The molecule has 0 saturated carbocycles. The first-order valence-electron chi connectivity index (χ1n) is 9.11. The summed E-state index contributed by atoms with van der Waals surface area (Å²) in [5.74, 6) is 3.59. The van der Waals surface area contributed by atoms with E-state index < -0.39 is 11.6 Å². The Balaban J connectivity index is 1.72. The van der Waals surface area contributed by atoms with E-state index in [1.165, 1.54) is 10.7 Å². The third-order valence-electron chi connectivity index (χ3n) is 5.24. The molecule has 1 aromatic carbocycles. The van der Waals surface area contributed by atoms with Crippen LogP contribution in [0.5, 0.6) is 5.75 Å². The summed E-state index contributed by atoms with van der Waals surface area (Å²) in [5.41, 5.74) is 2.23. The molecule has 0 fully saturated rings. The molecule has 2 atom stereocenters. The number of benzene rings is 1. The number of fused-ring (bicyclic) bond motifs is 2. The lowest BCUT2D eigenvalue weighted by atomic mass is 9.95. The largest absolute Gasteiger partial charge is 0.485 e. The molecule has 8 nitrogen and oxygen atoms in total. The molecule has 0 saturated heterocycles. The summed E-state index contributed by atoms with van der Waals surface area (Å²) in [7, 11) is 0. The number of ether oxygens (including phenoxy) is 1. The molecule has 2 aromatic heterocycles. The van der Waals surface area contributed by atoms with Gasteiger partial charge in [-0.15, -0.1) is 6.42 Å². The maximum Gasteiger partial charge on any atom is 0.256 e. The van der Waals surface area contributed by atoms with Crippen LogP contribution in [0, 0.1) is 23.7 Å². The summed E-state index contributed by atoms with van der Waals surface area (Å²) in [4.78, 5) is 17.3. The number of hydrogen-bond donors (Lipinski definition) is 2. The maximum absolute atomic E-state index is 12.8. The van der Waals surface area contributed by atoms with E-state index in [1.54, 1.807) is 18.3 Å². The molecule has 3 aromatic rings. The number of hydrogen-bond acceptors (Lipinski definition) is 6. The van der Waals surface area contributed by atoms with Gasteiger partial charge in [0.15, 0.2) is 5.65 Å². The second-order valence-electron chi connectivity index (χ2n) is 7.46. The Labute approximate surface area is 166 Å². The molecule has 2 aliphatic heterocycles. The summed E-state index contributed by atoms with van der Waals surface area (Å²) in [5, 5.41) is 19.8. The van der Waals surface area contributed by atoms with Crippen LogP contribution in [0.2, 0.25) is 0 Å². The van der Waals surface area contributed by atoms with Gasteiger partial charge in [0.25, 0.3) is 5.91 Å². The van der Waals surface area contributed by atoms with Crippen LogP contribution in [-0.4, -0.2) is 32.7 Å². The minimum Gasteiger partial charge on any atom is -0.485 e. The van der Waals surface area contributed by atoms with Crippen molar-refractivity contribution in [1.82, 2.24) is 19.9 Å². The van der Waals surface area contributed by atoms with Crippen molar-refractivity contribution < 1.29 is 9.53 Å². The van der Waals surface area contributed by atoms with Gasteiger partial charge in [0.1, 0.15) is 28.8 Å². The Morgan fingerprint density at radius 2 is 2.31 bits per heavy atom. The highest BCUT2D eigenvalue weighted by atomic mass is 16.5. The topological polar surface area (TPSA) is 104 Å². The van der Waals surface area contributed by atoms with E-state index in [4.69, 9.17) is 11.2 Å². The third-order valence-corrected chi connectivity index (χ3v) is 5.24. The smallest absolute Gasteiger partial charge is 0.256 e. The van der Waals surface area contributed by atoms with E-state index in [0.29, 0.717) is 40.3 Å². The van der Waals surface area contributed by atoms with Crippen molar-refractivity contribution in [3.8, 4) is 24.2 Å². The Morgan fingerprint density at radius 1 is 1.45 bits per heavy atom. The van der Waals surface area contributed by atoms with Crippen molar-refractivity contribution in [2.75, 3.05) is 11.9 Å². The fourth-order valence-electron chi connectivity index (χ4n) is 3.86.